The highest BCUT2D eigenvalue weighted by Gasteiger charge is 2.17. The Bertz CT molecular complexity index is 513. The van der Waals surface area contributed by atoms with Crippen LogP contribution in [-0.4, -0.2) is 11.4 Å². The van der Waals surface area contributed by atoms with Gasteiger partial charge < -0.3 is 0 Å². The number of thioether (sulfide) groups is 1. The van der Waals surface area contributed by atoms with Gasteiger partial charge in [-0.05, 0) is 28.3 Å². The van der Waals surface area contributed by atoms with Crippen molar-refractivity contribution >= 4 is 38.5 Å². The fourth-order valence-corrected chi connectivity index (χ4v) is 1.73. The van der Waals surface area contributed by atoms with E-state index in [0.29, 0.717) is 0 Å². The largest absolute Gasteiger partial charge is 0.271 e. The van der Waals surface area contributed by atoms with E-state index >= 15 is 0 Å². The van der Waals surface area contributed by atoms with Gasteiger partial charge in [-0.25, -0.2) is 18.2 Å². The van der Waals surface area contributed by atoms with Gasteiger partial charge in [0.25, 0.3) is 0 Å². The van der Waals surface area contributed by atoms with Crippen molar-refractivity contribution in [1.82, 2.24) is 5.32 Å². The zero-order valence-electron chi connectivity index (χ0n) is 8.39. The first-order chi connectivity index (χ1) is 8.01. The Morgan fingerprint density at radius 1 is 1.47 bits per heavy atom. The van der Waals surface area contributed by atoms with E-state index in [0.717, 1.165) is 17.8 Å². The van der Waals surface area contributed by atoms with E-state index in [9.17, 15) is 13.2 Å². The number of hydrogen-bond acceptors (Lipinski definition) is 3. The summed E-state index contributed by atoms with van der Waals surface area (Å²) >= 11 is 3.90. The van der Waals surface area contributed by atoms with Crippen molar-refractivity contribution < 1.29 is 13.2 Å². The van der Waals surface area contributed by atoms with Crippen molar-refractivity contribution in [1.29, 1.82) is 5.26 Å². The van der Waals surface area contributed by atoms with Gasteiger partial charge in [-0.2, -0.15) is 5.26 Å². The van der Waals surface area contributed by atoms with Crippen molar-refractivity contribution in [2.75, 3.05) is 6.26 Å². The number of nitriles is 1. The maximum absolute atomic E-state index is 13.4. The monoisotopic (exact) mass is 323 g/mol. The third kappa shape index (κ3) is 3.14. The zero-order valence-corrected chi connectivity index (χ0v) is 10.8. The Kier molecular flexibility index (Phi) is 4.84. The van der Waals surface area contributed by atoms with Crippen LogP contribution in [0.15, 0.2) is 15.5 Å². The fraction of sp³-hybridized carbons (Fsp3) is 0.111. The molecule has 0 fully saturated rings. The van der Waals surface area contributed by atoms with E-state index in [2.05, 4.69) is 26.2 Å². The van der Waals surface area contributed by atoms with Crippen LogP contribution in [0.2, 0.25) is 0 Å². The highest BCUT2D eigenvalue weighted by atomic mass is 79.9. The van der Waals surface area contributed by atoms with Crippen LogP contribution >= 0.6 is 27.7 Å². The zero-order chi connectivity index (χ0) is 13.0. The number of rotatable bonds is 1. The number of halogens is 4. The lowest BCUT2D eigenvalue weighted by molar-refractivity contribution is 0.448. The lowest BCUT2D eigenvalue weighted by atomic mass is 10.3. The molecule has 1 N–H and O–H groups in total. The van der Waals surface area contributed by atoms with Gasteiger partial charge in [0.2, 0.25) is 0 Å². The second-order valence-corrected chi connectivity index (χ2v) is 4.32. The molecular formula is C9H5BrF3N3S. The standard InChI is InChI=1S/C9H5BrF3N3S/c1-17-9(15-3-14)16-8-4(10)2-5(11)6(12)7(8)13/h2H,1H3,(H,15,16). The second kappa shape index (κ2) is 5.93. The van der Waals surface area contributed by atoms with E-state index in [-0.39, 0.29) is 9.64 Å². The summed E-state index contributed by atoms with van der Waals surface area (Å²) in [7, 11) is 0. The third-order valence-corrected chi connectivity index (χ3v) is 2.84. The molecule has 0 heterocycles. The molecule has 1 rings (SSSR count). The molecule has 0 bridgehead atoms. The van der Waals surface area contributed by atoms with Crippen molar-refractivity contribution in [3.8, 4) is 6.19 Å². The molecule has 0 unspecified atom stereocenters. The molecule has 0 radical (unpaired) electrons. The van der Waals surface area contributed by atoms with Crippen LogP contribution in [0.1, 0.15) is 0 Å². The van der Waals surface area contributed by atoms with Gasteiger partial charge in [0.05, 0.1) is 0 Å². The Balaban J connectivity index is 3.33. The summed E-state index contributed by atoms with van der Waals surface area (Å²) < 4.78 is 39.1. The Morgan fingerprint density at radius 2 is 2.12 bits per heavy atom. The molecule has 0 aliphatic rings. The number of nitrogens with one attached hydrogen (secondary N) is 1. The SMILES string of the molecule is CSC(=Nc1c(Br)cc(F)c(F)c1F)NC#N. The van der Waals surface area contributed by atoms with Crippen LogP contribution in [0.25, 0.3) is 0 Å². The first-order valence-corrected chi connectivity index (χ1v) is 6.13. The molecule has 0 aliphatic heterocycles. The Labute approximate surface area is 108 Å². The molecule has 3 nitrogen and oxygen atoms in total. The maximum atomic E-state index is 13.4. The number of benzene rings is 1. The minimum absolute atomic E-state index is 0.0415. The summed E-state index contributed by atoms with van der Waals surface area (Å²) in [4.78, 5) is 3.69. The van der Waals surface area contributed by atoms with Gasteiger partial charge in [-0.3, -0.25) is 5.32 Å². The van der Waals surface area contributed by atoms with Crippen LogP contribution in [0.3, 0.4) is 0 Å². The lowest BCUT2D eigenvalue weighted by Crippen LogP contribution is -2.12. The van der Waals surface area contributed by atoms with Crippen LogP contribution in [0, 0.1) is 28.9 Å². The minimum Gasteiger partial charge on any atom is -0.271 e. The van der Waals surface area contributed by atoms with Crippen molar-refractivity contribution in [3.05, 3.63) is 28.0 Å². The predicted octanol–water partition coefficient (Wildman–Crippen LogP) is 3.29. The van der Waals surface area contributed by atoms with Gasteiger partial charge >= 0.3 is 0 Å². The van der Waals surface area contributed by atoms with Crippen LogP contribution < -0.4 is 5.32 Å². The number of hydrogen-bond donors (Lipinski definition) is 1. The van der Waals surface area contributed by atoms with Gasteiger partial charge in [-0.1, -0.05) is 11.8 Å². The molecule has 0 aromatic heterocycles. The van der Waals surface area contributed by atoms with Crippen LogP contribution in [0.4, 0.5) is 18.9 Å². The summed E-state index contributed by atoms with van der Waals surface area (Å²) in [5.41, 5.74) is -0.406. The second-order valence-electron chi connectivity index (χ2n) is 2.67. The first-order valence-electron chi connectivity index (χ1n) is 4.12. The molecule has 0 aliphatic carbocycles. The summed E-state index contributed by atoms with van der Waals surface area (Å²) in [5.74, 6) is -4.33. The van der Waals surface area contributed by atoms with Crippen molar-refractivity contribution in [2.24, 2.45) is 4.99 Å². The molecular weight excluding hydrogens is 319 g/mol. The maximum Gasteiger partial charge on any atom is 0.196 e. The van der Waals surface area contributed by atoms with Gasteiger partial charge in [-0.15, -0.1) is 0 Å². The average molecular weight is 324 g/mol. The summed E-state index contributed by atoms with van der Waals surface area (Å²) in [6, 6.07) is 0.765. The van der Waals surface area contributed by atoms with E-state index < -0.39 is 23.1 Å². The molecule has 8 heteroatoms. The van der Waals surface area contributed by atoms with Crippen LogP contribution in [0.5, 0.6) is 0 Å². The first kappa shape index (κ1) is 13.9. The number of aliphatic imine (C=N–C) groups is 1. The molecule has 0 amide bonds. The van der Waals surface area contributed by atoms with E-state index in [1.54, 1.807) is 12.4 Å². The smallest absolute Gasteiger partial charge is 0.196 e. The van der Waals surface area contributed by atoms with E-state index in [1.165, 1.54) is 0 Å². The van der Waals surface area contributed by atoms with Crippen LogP contribution in [-0.2, 0) is 0 Å². The molecule has 0 atom stereocenters. The fourth-order valence-electron chi connectivity index (χ4n) is 0.933. The summed E-state index contributed by atoms with van der Waals surface area (Å²) in [5, 5.41) is 10.6. The van der Waals surface area contributed by atoms with Crippen molar-refractivity contribution in [3.63, 3.8) is 0 Å². The lowest BCUT2D eigenvalue weighted by Gasteiger charge is -2.05. The highest BCUT2D eigenvalue weighted by Crippen LogP contribution is 2.32. The topological polar surface area (TPSA) is 48.2 Å². The van der Waals surface area contributed by atoms with Gasteiger partial charge in [0.15, 0.2) is 28.8 Å². The van der Waals surface area contributed by atoms with Gasteiger partial charge in [0.1, 0.15) is 5.69 Å². The Hall–Kier alpha value is -1.20. The molecule has 0 saturated carbocycles. The molecule has 1 aromatic carbocycles. The highest BCUT2D eigenvalue weighted by molar-refractivity contribution is 9.10. The molecule has 90 valence electrons. The summed E-state index contributed by atoms with van der Waals surface area (Å²) in [6.45, 7) is 0. The minimum atomic E-state index is -1.61. The Morgan fingerprint density at radius 3 is 2.65 bits per heavy atom. The molecule has 1 aromatic rings. The third-order valence-electron chi connectivity index (χ3n) is 1.66. The molecule has 0 spiro atoms. The normalized spacial score (nSPS) is 11.2. The quantitative estimate of drug-likeness (QED) is 0.215. The van der Waals surface area contributed by atoms with Crippen molar-refractivity contribution in [2.45, 2.75) is 0 Å². The van der Waals surface area contributed by atoms with Gasteiger partial charge in [0, 0.05) is 4.47 Å². The molecule has 0 saturated heterocycles. The number of amidine groups is 1. The number of nitrogens with zero attached hydrogens (tertiary/aromatic N) is 2. The molecule has 17 heavy (non-hydrogen) atoms. The van der Waals surface area contributed by atoms with E-state index in [1.807, 2.05) is 0 Å². The van der Waals surface area contributed by atoms with E-state index in [4.69, 9.17) is 5.26 Å². The summed E-state index contributed by atoms with van der Waals surface area (Å²) in [6.07, 6.45) is 3.19. The average Bonchev–Trinajstić information content (AvgIpc) is 2.30. The predicted molar refractivity (Wildman–Crippen MR) is 63.4 cm³/mol.